The Morgan fingerprint density at radius 1 is 1.17 bits per heavy atom. The van der Waals surface area contributed by atoms with Crippen molar-refractivity contribution in [3.8, 4) is 17.1 Å². The molecule has 0 unspecified atom stereocenters. The van der Waals surface area contributed by atoms with Gasteiger partial charge in [0.05, 0.1) is 24.2 Å². The second-order valence-electron chi connectivity index (χ2n) is 8.83. The van der Waals surface area contributed by atoms with E-state index in [9.17, 15) is 17.2 Å². The van der Waals surface area contributed by atoms with Crippen LogP contribution in [0.25, 0.3) is 17.1 Å². The number of anilines is 3. The smallest absolute Gasteiger partial charge is 0.251 e. The van der Waals surface area contributed by atoms with Crippen molar-refractivity contribution in [1.82, 2.24) is 25.0 Å². The van der Waals surface area contributed by atoms with Crippen LogP contribution < -0.4 is 14.5 Å². The summed E-state index contributed by atoms with van der Waals surface area (Å²) < 4.78 is 55.2. The Hall–Kier alpha value is -3.39. The number of nitrogens with one attached hydrogen (secondary N) is 1. The predicted octanol–water partition coefficient (Wildman–Crippen LogP) is 2.07. The number of hydrogen-bond donors (Lipinski definition) is 2. The Balaban J connectivity index is 1.62. The molecule has 1 aromatic carbocycles. The number of alkyl halides is 2. The number of rotatable bonds is 8. The van der Waals surface area contributed by atoms with Crippen molar-refractivity contribution in [2.75, 3.05) is 54.1 Å². The zero-order valence-corrected chi connectivity index (χ0v) is 21.0. The SMILES string of the molecule is Cc1cc(-n2cc(-c3ccc(NS(=O)(=O)CCO)cc3N(C)C)nn2)nc(N2CCC(F)(F)CC2)n1. The van der Waals surface area contributed by atoms with Crippen LogP contribution in [-0.4, -0.2) is 84.0 Å². The van der Waals surface area contributed by atoms with Crippen LogP contribution in [0, 0.1) is 6.92 Å². The lowest BCUT2D eigenvalue weighted by atomic mass is 10.1. The number of aryl methyl sites for hydroxylation is 1. The highest BCUT2D eigenvalue weighted by molar-refractivity contribution is 7.92. The van der Waals surface area contributed by atoms with Crippen molar-refractivity contribution in [3.05, 3.63) is 36.2 Å². The van der Waals surface area contributed by atoms with Crippen LogP contribution in [0.3, 0.4) is 0 Å². The number of aliphatic hydroxyl groups excluding tert-OH is 1. The molecule has 36 heavy (non-hydrogen) atoms. The van der Waals surface area contributed by atoms with E-state index in [0.29, 0.717) is 40.1 Å². The molecule has 3 aromatic rings. The monoisotopic (exact) mass is 522 g/mol. The van der Waals surface area contributed by atoms with E-state index in [0.717, 1.165) is 0 Å². The second kappa shape index (κ2) is 9.93. The van der Waals surface area contributed by atoms with E-state index in [2.05, 4.69) is 25.0 Å². The molecule has 0 spiro atoms. The molecule has 1 aliphatic heterocycles. The minimum Gasteiger partial charge on any atom is -0.395 e. The average Bonchev–Trinajstić information content (AvgIpc) is 3.28. The van der Waals surface area contributed by atoms with Gasteiger partial charge in [-0.2, -0.15) is 4.98 Å². The molecule has 194 valence electrons. The largest absolute Gasteiger partial charge is 0.395 e. The number of nitrogens with zero attached hydrogens (tertiary/aromatic N) is 7. The maximum absolute atomic E-state index is 13.6. The van der Waals surface area contributed by atoms with E-state index in [4.69, 9.17) is 5.11 Å². The van der Waals surface area contributed by atoms with Gasteiger partial charge in [-0.05, 0) is 25.1 Å². The Morgan fingerprint density at radius 2 is 1.89 bits per heavy atom. The minimum atomic E-state index is -3.67. The van der Waals surface area contributed by atoms with Gasteiger partial charge in [-0.15, -0.1) is 5.10 Å². The summed E-state index contributed by atoms with van der Waals surface area (Å²) in [7, 11) is -0.0371. The summed E-state index contributed by atoms with van der Waals surface area (Å²) >= 11 is 0. The molecule has 0 amide bonds. The molecule has 0 bridgehead atoms. The summed E-state index contributed by atoms with van der Waals surface area (Å²) in [6, 6.07) is 6.73. The van der Waals surface area contributed by atoms with E-state index < -0.39 is 28.3 Å². The molecule has 2 aromatic heterocycles. The molecular formula is C22H28F2N8O3S. The third-order valence-electron chi connectivity index (χ3n) is 5.72. The standard InChI is InChI=1S/C22H28F2N8O3S/c1-15-12-20(26-21(25-15)31-8-6-22(23,24)7-9-31)32-14-18(27-29-32)17-5-4-16(13-19(17)30(2)3)28-36(34,35)11-10-33/h4-5,12-14,28,33H,6-11H2,1-3H3. The first kappa shape index (κ1) is 25.7. The van der Waals surface area contributed by atoms with E-state index in [1.807, 2.05) is 19.0 Å². The lowest BCUT2D eigenvalue weighted by Gasteiger charge is -2.31. The minimum absolute atomic E-state index is 0.166. The van der Waals surface area contributed by atoms with Crippen molar-refractivity contribution in [3.63, 3.8) is 0 Å². The molecule has 0 radical (unpaired) electrons. The van der Waals surface area contributed by atoms with E-state index >= 15 is 0 Å². The Kier molecular flexibility index (Phi) is 7.09. The molecular weight excluding hydrogens is 494 g/mol. The first-order valence-corrected chi connectivity index (χ1v) is 13.0. The van der Waals surface area contributed by atoms with Crippen LogP contribution in [0.15, 0.2) is 30.5 Å². The van der Waals surface area contributed by atoms with Gasteiger partial charge in [-0.3, -0.25) is 4.72 Å². The Labute approximate surface area is 207 Å². The van der Waals surface area contributed by atoms with Crippen LogP contribution in [0.1, 0.15) is 18.5 Å². The van der Waals surface area contributed by atoms with Gasteiger partial charge in [0, 0.05) is 63.0 Å². The van der Waals surface area contributed by atoms with Crippen LogP contribution >= 0.6 is 0 Å². The van der Waals surface area contributed by atoms with Gasteiger partial charge in [0.1, 0.15) is 5.69 Å². The summed E-state index contributed by atoms with van der Waals surface area (Å²) in [4.78, 5) is 12.5. The summed E-state index contributed by atoms with van der Waals surface area (Å²) in [6.07, 6.45) is 1.20. The lowest BCUT2D eigenvalue weighted by molar-refractivity contribution is -0.0222. The second-order valence-corrected chi connectivity index (χ2v) is 10.7. The van der Waals surface area contributed by atoms with Gasteiger partial charge in [-0.1, -0.05) is 5.21 Å². The number of piperidine rings is 1. The molecule has 14 heteroatoms. The van der Waals surface area contributed by atoms with E-state index in [-0.39, 0.29) is 25.9 Å². The van der Waals surface area contributed by atoms with Gasteiger partial charge in [0.25, 0.3) is 5.92 Å². The van der Waals surface area contributed by atoms with E-state index in [1.165, 1.54) is 4.68 Å². The van der Waals surface area contributed by atoms with Gasteiger partial charge >= 0.3 is 0 Å². The van der Waals surface area contributed by atoms with Gasteiger partial charge in [0.2, 0.25) is 16.0 Å². The number of benzene rings is 1. The zero-order valence-electron chi connectivity index (χ0n) is 20.2. The van der Waals surface area contributed by atoms with Crippen LogP contribution in [0.2, 0.25) is 0 Å². The summed E-state index contributed by atoms with van der Waals surface area (Å²) in [5, 5.41) is 17.4. The fourth-order valence-corrected chi connectivity index (χ4v) is 4.69. The number of aromatic nitrogens is 5. The first-order chi connectivity index (χ1) is 17.0. The molecule has 1 saturated heterocycles. The van der Waals surface area contributed by atoms with Gasteiger partial charge < -0.3 is 14.9 Å². The van der Waals surface area contributed by atoms with Gasteiger partial charge in [0.15, 0.2) is 5.82 Å². The number of halogens is 2. The van der Waals surface area contributed by atoms with Crippen molar-refractivity contribution in [1.29, 1.82) is 0 Å². The highest BCUT2D eigenvalue weighted by Crippen LogP contribution is 2.32. The summed E-state index contributed by atoms with van der Waals surface area (Å²) in [6.45, 7) is 1.65. The van der Waals surface area contributed by atoms with Crippen molar-refractivity contribution in [2.24, 2.45) is 0 Å². The maximum atomic E-state index is 13.6. The quantitative estimate of drug-likeness (QED) is 0.457. The molecule has 4 rings (SSSR count). The summed E-state index contributed by atoms with van der Waals surface area (Å²) in [5.41, 5.74) is 2.95. The topological polar surface area (TPSA) is 129 Å². The molecule has 11 nitrogen and oxygen atoms in total. The molecule has 1 fully saturated rings. The number of hydrogen-bond acceptors (Lipinski definition) is 9. The Morgan fingerprint density at radius 3 is 2.56 bits per heavy atom. The van der Waals surface area contributed by atoms with Crippen LogP contribution in [0.4, 0.5) is 26.1 Å². The maximum Gasteiger partial charge on any atom is 0.251 e. The van der Waals surface area contributed by atoms with E-state index in [1.54, 1.807) is 42.3 Å². The Bertz CT molecular complexity index is 1340. The van der Waals surface area contributed by atoms with Gasteiger partial charge in [-0.25, -0.2) is 26.9 Å². The third kappa shape index (κ3) is 5.87. The predicted molar refractivity (Wildman–Crippen MR) is 132 cm³/mol. The highest BCUT2D eigenvalue weighted by atomic mass is 32.2. The molecule has 1 aliphatic rings. The third-order valence-corrected chi connectivity index (χ3v) is 6.99. The fourth-order valence-electron chi connectivity index (χ4n) is 3.86. The molecule has 2 N–H and O–H groups in total. The molecule has 0 atom stereocenters. The normalized spacial score (nSPS) is 15.7. The summed E-state index contributed by atoms with van der Waals surface area (Å²) in [5.74, 6) is -2.25. The van der Waals surface area contributed by atoms with Crippen molar-refractivity contribution < 1.29 is 22.3 Å². The number of sulfonamides is 1. The molecule has 0 saturated carbocycles. The average molecular weight is 523 g/mol. The first-order valence-electron chi connectivity index (χ1n) is 11.3. The molecule has 0 aliphatic carbocycles. The van der Waals surface area contributed by atoms with Crippen molar-refractivity contribution in [2.45, 2.75) is 25.7 Å². The van der Waals surface area contributed by atoms with Crippen LogP contribution in [0.5, 0.6) is 0 Å². The fraction of sp³-hybridized carbons (Fsp3) is 0.455. The number of aliphatic hydroxyl groups is 1. The zero-order chi connectivity index (χ0) is 26.1. The lowest BCUT2D eigenvalue weighted by Crippen LogP contribution is -2.40. The van der Waals surface area contributed by atoms with Crippen molar-refractivity contribution >= 4 is 27.3 Å². The highest BCUT2D eigenvalue weighted by Gasteiger charge is 2.35. The van der Waals surface area contributed by atoms with Crippen LogP contribution in [-0.2, 0) is 10.0 Å². The molecule has 3 heterocycles.